The van der Waals surface area contributed by atoms with Crippen molar-refractivity contribution in [3.8, 4) is 0 Å². The highest BCUT2D eigenvalue weighted by atomic mass is 32.2. The zero-order chi connectivity index (χ0) is 12.1. The molecule has 0 saturated carbocycles. The summed E-state index contributed by atoms with van der Waals surface area (Å²) in [6.07, 6.45) is 1.45. The lowest BCUT2D eigenvalue weighted by molar-refractivity contribution is 0.559. The van der Waals surface area contributed by atoms with Crippen LogP contribution in [-0.2, 0) is 16.4 Å². The van der Waals surface area contributed by atoms with E-state index in [2.05, 4.69) is 10.0 Å². The highest BCUT2D eigenvalue weighted by Crippen LogP contribution is 2.04. The molecule has 0 aromatic heterocycles. The summed E-state index contributed by atoms with van der Waals surface area (Å²) in [7, 11) is -3.15. The molecular formula is C12H18N2O2S. The van der Waals surface area contributed by atoms with Gasteiger partial charge in [-0.1, -0.05) is 30.3 Å². The topological polar surface area (TPSA) is 58.2 Å². The van der Waals surface area contributed by atoms with E-state index in [0.717, 1.165) is 25.1 Å². The molecule has 2 rings (SSSR count). The van der Waals surface area contributed by atoms with E-state index in [4.69, 9.17) is 0 Å². The molecule has 0 aliphatic carbocycles. The molecule has 94 valence electrons. The van der Waals surface area contributed by atoms with Gasteiger partial charge in [0, 0.05) is 12.6 Å². The molecule has 1 unspecified atom stereocenters. The van der Waals surface area contributed by atoms with E-state index >= 15 is 0 Å². The molecule has 0 spiro atoms. The first-order valence-electron chi connectivity index (χ1n) is 5.90. The van der Waals surface area contributed by atoms with Crippen LogP contribution in [0.5, 0.6) is 0 Å². The molecule has 5 heteroatoms. The third-order valence-electron chi connectivity index (χ3n) is 2.91. The molecule has 0 radical (unpaired) electrons. The first kappa shape index (κ1) is 12.5. The maximum Gasteiger partial charge on any atom is 0.212 e. The zero-order valence-electron chi connectivity index (χ0n) is 9.72. The summed E-state index contributed by atoms with van der Waals surface area (Å²) in [5, 5.41) is 3.14. The Labute approximate surface area is 102 Å². The predicted molar refractivity (Wildman–Crippen MR) is 68.3 cm³/mol. The third-order valence-corrected chi connectivity index (χ3v) is 4.34. The Morgan fingerprint density at radius 2 is 2.06 bits per heavy atom. The Bertz CT molecular complexity index is 439. The second kappa shape index (κ2) is 5.62. The molecule has 1 aliphatic heterocycles. The molecule has 0 bridgehead atoms. The Balaban J connectivity index is 1.85. The Hall–Kier alpha value is -0.910. The molecule has 1 saturated heterocycles. The zero-order valence-corrected chi connectivity index (χ0v) is 10.5. The van der Waals surface area contributed by atoms with Crippen molar-refractivity contribution < 1.29 is 8.42 Å². The van der Waals surface area contributed by atoms with Gasteiger partial charge in [0.1, 0.15) is 0 Å². The van der Waals surface area contributed by atoms with Gasteiger partial charge in [-0.15, -0.1) is 0 Å². The van der Waals surface area contributed by atoms with Crippen LogP contribution in [-0.4, -0.2) is 33.3 Å². The van der Waals surface area contributed by atoms with Crippen LogP contribution >= 0.6 is 0 Å². The SMILES string of the molecule is O=S(=O)(CCc1ccccc1)NC1CCNC1. The van der Waals surface area contributed by atoms with Crippen molar-refractivity contribution in [2.45, 2.75) is 18.9 Å². The minimum Gasteiger partial charge on any atom is -0.315 e. The van der Waals surface area contributed by atoms with Gasteiger partial charge in [0.25, 0.3) is 0 Å². The maximum atomic E-state index is 11.8. The van der Waals surface area contributed by atoms with Crippen molar-refractivity contribution >= 4 is 10.0 Å². The van der Waals surface area contributed by atoms with Crippen LogP contribution < -0.4 is 10.0 Å². The Kier molecular flexibility index (Phi) is 4.15. The van der Waals surface area contributed by atoms with E-state index < -0.39 is 10.0 Å². The summed E-state index contributed by atoms with van der Waals surface area (Å²) in [6.45, 7) is 1.64. The number of aryl methyl sites for hydroxylation is 1. The fourth-order valence-electron chi connectivity index (χ4n) is 1.96. The fourth-order valence-corrected chi connectivity index (χ4v) is 3.30. The number of hydrogen-bond donors (Lipinski definition) is 2. The van der Waals surface area contributed by atoms with Crippen molar-refractivity contribution in [2.24, 2.45) is 0 Å². The van der Waals surface area contributed by atoms with Crippen LogP contribution in [0.25, 0.3) is 0 Å². The minimum absolute atomic E-state index is 0.0655. The van der Waals surface area contributed by atoms with E-state index in [1.807, 2.05) is 30.3 Å². The molecular weight excluding hydrogens is 236 g/mol. The number of sulfonamides is 1. The quantitative estimate of drug-likeness (QED) is 0.805. The molecule has 17 heavy (non-hydrogen) atoms. The van der Waals surface area contributed by atoms with Crippen LogP contribution in [0.1, 0.15) is 12.0 Å². The summed E-state index contributed by atoms with van der Waals surface area (Å²) in [5.41, 5.74) is 1.06. The number of hydrogen-bond acceptors (Lipinski definition) is 3. The van der Waals surface area contributed by atoms with Crippen LogP contribution in [0.3, 0.4) is 0 Å². The monoisotopic (exact) mass is 254 g/mol. The van der Waals surface area contributed by atoms with Gasteiger partial charge in [-0.25, -0.2) is 13.1 Å². The summed E-state index contributed by atoms with van der Waals surface area (Å²) in [6, 6.07) is 9.75. The highest BCUT2D eigenvalue weighted by Gasteiger charge is 2.20. The van der Waals surface area contributed by atoms with Crippen molar-refractivity contribution in [3.63, 3.8) is 0 Å². The van der Waals surface area contributed by atoms with Gasteiger partial charge in [-0.05, 0) is 24.9 Å². The largest absolute Gasteiger partial charge is 0.315 e. The normalized spacial score (nSPS) is 20.6. The second-order valence-corrected chi connectivity index (χ2v) is 6.24. The van der Waals surface area contributed by atoms with E-state index in [1.54, 1.807) is 0 Å². The minimum atomic E-state index is -3.15. The maximum absolute atomic E-state index is 11.8. The van der Waals surface area contributed by atoms with Gasteiger partial charge in [0.15, 0.2) is 0 Å². The van der Waals surface area contributed by atoms with Gasteiger partial charge < -0.3 is 5.32 Å². The second-order valence-electron chi connectivity index (χ2n) is 4.36. The number of nitrogens with one attached hydrogen (secondary N) is 2. The van der Waals surface area contributed by atoms with Gasteiger partial charge >= 0.3 is 0 Å². The van der Waals surface area contributed by atoms with Crippen molar-refractivity contribution in [1.82, 2.24) is 10.0 Å². The lowest BCUT2D eigenvalue weighted by Gasteiger charge is -2.11. The summed E-state index contributed by atoms with van der Waals surface area (Å²) in [5.74, 6) is 0.160. The van der Waals surface area contributed by atoms with Crippen molar-refractivity contribution in [2.75, 3.05) is 18.8 Å². The summed E-state index contributed by atoms with van der Waals surface area (Å²) < 4.78 is 26.4. The first-order chi connectivity index (χ1) is 8.16. The molecule has 4 nitrogen and oxygen atoms in total. The molecule has 1 aromatic rings. The predicted octanol–water partition coefficient (Wildman–Crippen LogP) is 0.510. The van der Waals surface area contributed by atoms with Crippen LogP contribution in [0.4, 0.5) is 0 Å². The Morgan fingerprint density at radius 3 is 2.71 bits per heavy atom. The Morgan fingerprint density at radius 1 is 1.29 bits per heavy atom. The third kappa shape index (κ3) is 4.11. The van der Waals surface area contributed by atoms with Crippen LogP contribution in [0, 0.1) is 0 Å². The van der Waals surface area contributed by atoms with Gasteiger partial charge in [0.2, 0.25) is 10.0 Å². The van der Waals surface area contributed by atoms with Crippen LogP contribution in [0.2, 0.25) is 0 Å². The average molecular weight is 254 g/mol. The molecule has 1 atom stereocenters. The fraction of sp³-hybridized carbons (Fsp3) is 0.500. The lowest BCUT2D eigenvalue weighted by atomic mass is 10.2. The summed E-state index contributed by atoms with van der Waals surface area (Å²) in [4.78, 5) is 0. The van der Waals surface area contributed by atoms with E-state index in [0.29, 0.717) is 6.42 Å². The van der Waals surface area contributed by atoms with Crippen LogP contribution in [0.15, 0.2) is 30.3 Å². The number of rotatable bonds is 5. The smallest absolute Gasteiger partial charge is 0.212 e. The van der Waals surface area contributed by atoms with Crippen molar-refractivity contribution in [3.05, 3.63) is 35.9 Å². The van der Waals surface area contributed by atoms with Gasteiger partial charge in [0.05, 0.1) is 5.75 Å². The molecule has 1 aromatic carbocycles. The molecule has 2 N–H and O–H groups in total. The van der Waals surface area contributed by atoms with Crippen molar-refractivity contribution in [1.29, 1.82) is 0 Å². The van der Waals surface area contributed by atoms with E-state index in [1.165, 1.54) is 0 Å². The highest BCUT2D eigenvalue weighted by molar-refractivity contribution is 7.89. The lowest BCUT2D eigenvalue weighted by Crippen LogP contribution is -2.38. The van der Waals surface area contributed by atoms with E-state index in [9.17, 15) is 8.42 Å². The molecule has 1 aliphatic rings. The van der Waals surface area contributed by atoms with E-state index in [-0.39, 0.29) is 11.8 Å². The number of benzene rings is 1. The first-order valence-corrected chi connectivity index (χ1v) is 7.55. The molecule has 1 fully saturated rings. The summed E-state index contributed by atoms with van der Waals surface area (Å²) >= 11 is 0. The standard InChI is InChI=1S/C12H18N2O2S/c15-17(16,14-12-6-8-13-10-12)9-7-11-4-2-1-3-5-11/h1-5,12-14H,6-10H2. The van der Waals surface area contributed by atoms with Gasteiger partial charge in [-0.2, -0.15) is 0 Å². The average Bonchev–Trinajstić information content (AvgIpc) is 2.80. The molecule has 0 amide bonds. The molecule has 1 heterocycles. The van der Waals surface area contributed by atoms with Gasteiger partial charge in [-0.3, -0.25) is 0 Å².